The SMILES string of the molecule is c1ccc(C(c2ccccc2)n2cnc3ccc(N4CCNCC4)nc32)cc1. The first-order valence-corrected chi connectivity index (χ1v) is 9.79. The Labute approximate surface area is 164 Å². The Bertz CT molecular complexity index is 1010. The zero-order valence-electron chi connectivity index (χ0n) is 15.7. The van der Waals surface area contributed by atoms with Crippen LogP contribution in [0.5, 0.6) is 0 Å². The van der Waals surface area contributed by atoms with E-state index in [1.165, 1.54) is 11.1 Å². The van der Waals surface area contributed by atoms with Gasteiger partial charge < -0.3 is 14.8 Å². The van der Waals surface area contributed by atoms with Crippen LogP contribution in [-0.4, -0.2) is 40.7 Å². The zero-order valence-corrected chi connectivity index (χ0v) is 15.7. The van der Waals surface area contributed by atoms with Gasteiger partial charge in [0.25, 0.3) is 0 Å². The zero-order chi connectivity index (χ0) is 18.8. The second-order valence-electron chi connectivity index (χ2n) is 7.12. The summed E-state index contributed by atoms with van der Waals surface area (Å²) in [6.07, 6.45) is 1.92. The summed E-state index contributed by atoms with van der Waals surface area (Å²) < 4.78 is 2.20. The van der Waals surface area contributed by atoms with E-state index in [1.54, 1.807) is 0 Å². The number of nitrogens with zero attached hydrogens (tertiary/aromatic N) is 4. The van der Waals surface area contributed by atoms with E-state index >= 15 is 0 Å². The van der Waals surface area contributed by atoms with Crippen LogP contribution in [0.2, 0.25) is 0 Å². The number of nitrogens with one attached hydrogen (secondary N) is 1. The van der Waals surface area contributed by atoms with E-state index in [9.17, 15) is 0 Å². The van der Waals surface area contributed by atoms with Crippen molar-refractivity contribution in [3.05, 3.63) is 90.3 Å². The third-order valence-electron chi connectivity index (χ3n) is 5.36. The first kappa shape index (κ1) is 17.0. The van der Waals surface area contributed by atoms with Crippen LogP contribution in [0.1, 0.15) is 17.2 Å². The molecule has 0 bridgehead atoms. The highest BCUT2D eigenvalue weighted by Crippen LogP contribution is 2.30. The maximum absolute atomic E-state index is 5.03. The van der Waals surface area contributed by atoms with E-state index in [-0.39, 0.29) is 6.04 Å². The average molecular weight is 369 g/mol. The van der Waals surface area contributed by atoms with E-state index in [1.807, 2.05) is 6.33 Å². The second-order valence-corrected chi connectivity index (χ2v) is 7.12. The van der Waals surface area contributed by atoms with Gasteiger partial charge in [-0.15, -0.1) is 0 Å². The van der Waals surface area contributed by atoms with Crippen LogP contribution in [0.3, 0.4) is 0 Å². The fraction of sp³-hybridized carbons (Fsp3) is 0.217. The van der Waals surface area contributed by atoms with E-state index in [4.69, 9.17) is 4.98 Å². The van der Waals surface area contributed by atoms with Crippen molar-refractivity contribution in [2.24, 2.45) is 0 Å². The Morgan fingerprint density at radius 3 is 2.07 bits per heavy atom. The number of imidazole rings is 1. The number of rotatable bonds is 4. The molecule has 0 amide bonds. The van der Waals surface area contributed by atoms with Gasteiger partial charge in [-0.05, 0) is 23.3 Å². The van der Waals surface area contributed by atoms with Gasteiger partial charge in [-0.1, -0.05) is 60.7 Å². The summed E-state index contributed by atoms with van der Waals surface area (Å²) in [4.78, 5) is 12.0. The van der Waals surface area contributed by atoms with E-state index < -0.39 is 0 Å². The van der Waals surface area contributed by atoms with Gasteiger partial charge in [0.15, 0.2) is 5.65 Å². The molecule has 5 heteroatoms. The number of benzene rings is 2. The van der Waals surface area contributed by atoms with E-state index in [0.29, 0.717) is 0 Å². The highest BCUT2D eigenvalue weighted by Gasteiger charge is 2.20. The summed E-state index contributed by atoms with van der Waals surface area (Å²) in [7, 11) is 0. The molecule has 0 spiro atoms. The fourth-order valence-electron chi connectivity index (χ4n) is 3.94. The van der Waals surface area contributed by atoms with Crippen LogP contribution in [-0.2, 0) is 0 Å². The molecule has 2 aromatic carbocycles. The number of anilines is 1. The molecule has 28 heavy (non-hydrogen) atoms. The molecule has 1 saturated heterocycles. The average Bonchev–Trinajstić information content (AvgIpc) is 3.19. The van der Waals surface area contributed by atoms with Gasteiger partial charge in [-0.25, -0.2) is 9.97 Å². The normalized spacial score (nSPS) is 14.7. The molecule has 1 aliphatic rings. The topological polar surface area (TPSA) is 46.0 Å². The van der Waals surface area contributed by atoms with Crippen molar-refractivity contribution in [1.82, 2.24) is 19.9 Å². The van der Waals surface area contributed by atoms with Gasteiger partial charge in [0.1, 0.15) is 11.3 Å². The van der Waals surface area contributed by atoms with Gasteiger partial charge in [0.2, 0.25) is 0 Å². The van der Waals surface area contributed by atoms with Crippen molar-refractivity contribution < 1.29 is 0 Å². The minimum absolute atomic E-state index is 0.0400. The number of hydrogen-bond donors (Lipinski definition) is 1. The molecule has 2 aromatic heterocycles. The van der Waals surface area contributed by atoms with Crippen LogP contribution < -0.4 is 10.2 Å². The van der Waals surface area contributed by atoms with Crippen molar-refractivity contribution in [1.29, 1.82) is 0 Å². The number of aromatic nitrogens is 3. The number of hydrogen-bond acceptors (Lipinski definition) is 4. The van der Waals surface area contributed by atoms with Crippen molar-refractivity contribution in [2.45, 2.75) is 6.04 Å². The monoisotopic (exact) mass is 369 g/mol. The molecule has 5 rings (SSSR count). The molecular weight excluding hydrogens is 346 g/mol. The molecule has 1 fully saturated rings. The Balaban J connectivity index is 1.64. The predicted molar refractivity (Wildman–Crippen MR) is 113 cm³/mol. The lowest BCUT2D eigenvalue weighted by molar-refractivity contribution is 0.585. The lowest BCUT2D eigenvalue weighted by atomic mass is 9.98. The van der Waals surface area contributed by atoms with E-state index in [2.05, 4.69) is 92.6 Å². The van der Waals surface area contributed by atoms with Gasteiger partial charge >= 0.3 is 0 Å². The van der Waals surface area contributed by atoms with Crippen molar-refractivity contribution in [3.63, 3.8) is 0 Å². The first-order valence-electron chi connectivity index (χ1n) is 9.79. The summed E-state index contributed by atoms with van der Waals surface area (Å²) in [5.41, 5.74) is 4.30. The molecule has 0 radical (unpaired) electrons. The molecule has 4 aromatic rings. The lowest BCUT2D eigenvalue weighted by Gasteiger charge is -2.28. The molecule has 0 atom stereocenters. The van der Waals surface area contributed by atoms with Crippen molar-refractivity contribution in [2.75, 3.05) is 31.1 Å². The quantitative estimate of drug-likeness (QED) is 0.598. The number of piperazine rings is 1. The predicted octanol–water partition coefficient (Wildman–Crippen LogP) is 3.48. The highest BCUT2D eigenvalue weighted by atomic mass is 15.2. The summed E-state index contributed by atoms with van der Waals surface area (Å²) >= 11 is 0. The van der Waals surface area contributed by atoms with Crippen LogP contribution >= 0.6 is 0 Å². The first-order chi connectivity index (χ1) is 13.9. The molecule has 0 unspecified atom stereocenters. The summed E-state index contributed by atoms with van der Waals surface area (Å²) in [6.45, 7) is 3.95. The van der Waals surface area contributed by atoms with Gasteiger partial charge in [-0.2, -0.15) is 0 Å². The minimum Gasteiger partial charge on any atom is -0.354 e. The van der Waals surface area contributed by atoms with Crippen molar-refractivity contribution in [3.8, 4) is 0 Å². The molecule has 5 nitrogen and oxygen atoms in total. The lowest BCUT2D eigenvalue weighted by Crippen LogP contribution is -2.43. The Morgan fingerprint density at radius 1 is 0.786 bits per heavy atom. The molecular formula is C23H23N5. The maximum Gasteiger partial charge on any atom is 0.163 e. The number of pyridine rings is 1. The minimum atomic E-state index is 0.0400. The van der Waals surface area contributed by atoms with Crippen LogP contribution in [0.15, 0.2) is 79.1 Å². The number of fused-ring (bicyclic) bond motifs is 1. The smallest absolute Gasteiger partial charge is 0.163 e. The maximum atomic E-state index is 5.03. The standard InChI is InChI=1S/C23H23N5/c1-3-7-18(8-4-1)22(19-9-5-2-6-10-19)28-17-25-20-11-12-21(26-23(20)28)27-15-13-24-14-16-27/h1-12,17,22,24H,13-16H2. The third-order valence-corrected chi connectivity index (χ3v) is 5.36. The highest BCUT2D eigenvalue weighted by molar-refractivity contribution is 5.74. The van der Waals surface area contributed by atoms with Crippen LogP contribution in [0.25, 0.3) is 11.2 Å². The molecule has 140 valence electrons. The summed E-state index contributed by atoms with van der Waals surface area (Å²) in [5, 5.41) is 3.40. The largest absolute Gasteiger partial charge is 0.354 e. The van der Waals surface area contributed by atoms with Crippen LogP contribution in [0.4, 0.5) is 5.82 Å². The Kier molecular flexibility index (Phi) is 4.51. The van der Waals surface area contributed by atoms with E-state index in [0.717, 1.165) is 43.2 Å². The Morgan fingerprint density at radius 2 is 1.43 bits per heavy atom. The third kappa shape index (κ3) is 3.14. The second kappa shape index (κ2) is 7.44. The Hall–Kier alpha value is -3.18. The molecule has 1 N–H and O–H groups in total. The van der Waals surface area contributed by atoms with Gasteiger partial charge in [-0.3, -0.25) is 0 Å². The molecule has 1 aliphatic heterocycles. The van der Waals surface area contributed by atoms with Crippen molar-refractivity contribution >= 4 is 17.0 Å². The molecule has 3 heterocycles. The summed E-state index contributed by atoms with van der Waals surface area (Å²) in [6, 6.07) is 25.4. The van der Waals surface area contributed by atoms with Crippen LogP contribution in [0, 0.1) is 0 Å². The molecule has 0 saturated carbocycles. The van der Waals surface area contributed by atoms with Gasteiger partial charge in [0, 0.05) is 26.2 Å². The fourth-order valence-corrected chi connectivity index (χ4v) is 3.94. The van der Waals surface area contributed by atoms with Gasteiger partial charge in [0.05, 0.1) is 12.4 Å². The summed E-state index contributed by atoms with van der Waals surface area (Å²) in [5.74, 6) is 1.02. The molecule has 0 aliphatic carbocycles.